The molecule has 190 valence electrons. The minimum Gasteiger partial charge on any atom is -0.347 e. The van der Waals surface area contributed by atoms with Crippen molar-refractivity contribution in [3.63, 3.8) is 0 Å². The van der Waals surface area contributed by atoms with E-state index in [-0.39, 0.29) is 35.0 Å². The summed E-state index contributed by atoms with van der Waals surface area (Å²) >= 11 is 0. The fourth-order valence-corrected chi connectivity index (χ4v) is 5.90. The Hall–Kier alpha value is 0.274. The van der Waals surface area contributed by atoms with Gasteiger partial charge in [0.1, 0.15) is 0 Å². The molecule has 0 heterocycles. The quantitative estimate of drug-likeness (QED) is 0.136. The molecule has 0 saturated carbocycles. The van der Waals surface area contributed by atoms with Crippen LogP contribution >= 0.6 is 0 Å². The molecule has 0 rings (SSSR count). The van der Waals surface area contributed by atoms with Crippen LogP contribution in [0.4, 0.5) is 0 Å². The van der Waals surface area contributed by atoms with Crippen molar-refractivity contribution in [2.45, 2.75) is 168 Å². The Kier molecular flexibility index (Phi) is 14.7. The molecule has 0 amide bonds. The molecule has 0 fully saturated rings. The van der Waals surface area contributed by atoms with Gasteiger partial charge in [0.05, 0.1) is 22.4 Å². The average molecular weight is 487 g/mol. The molecular weight excluding hydrogens is 432 g/mol. The average Bonchev–Trinajstić information content (AvgIpc) is 2.50. The van der Waals surface area contributed by atoms with Gasteiger partial charge >= 0.3 is 0 Å². The van der Waals surface area contributed by atoms with Crippen LogP contribution in [-0.2, 0) is 18.9 Å². The second-order valence-electron chi connectivity index (χ2n) is 12.6. The van der Waals surface area contributed by atoms with Gasteiger partial charge in [0, 0.05) is 19.0 Å². The van der Waals surface area contributed by atoms with Gasteiger partial charge in [-0.05, 0) is 95.9 Å². The van der Waals surface area contributed by atoms with Crippen LogP contribution in [0.15, 0.2) is 0 Å². The second kappa shape index (κ2) is 14.6. The van der Waals surface area contributed by atoms with E-state index in [1.165, 1.54) is 37.0 Å². The molecule has 0 aliphatic carbocycles. The molecule has 0 atom stereocenters. The molecule has 0 unspecified atom stereocenters. The lowest BCUT2D eigenvalue weighted by Gasteiger charge is -2.32. The Morgan fingerprint density at radius 2 is 0.688 bits per heavy atom. The monoisotopic (exact) mass is 486 g/mol. The van der Waals surface area contributed by atoms with E-state index in [4.69, 9.17) is 18.9 Å². The summed E-state index contributed by atoms with van der Waals surface area (Å²) in [5, 5.41) is 0. The van der Waals surface area contributed by atoms with Crippen LogP contribution in [0.25, 0.3) is 0 Å². The summed E-state index contributed by atoms with van der Waals surface area (Å²) < 4.78 is 24.5. The van der Waals surface area contributed by atoms with Crippen LogP contribution in [-0.4, -0.2) is 54.0 Å². The molecule has 0 bridgehead atoms. The highest BCUT2D eigenvalue weighted by molar-refractivity contribution is 6.42. The van der Waals surface area contributed by atoms with Crippen molar-refractivity contribution in [1.82, 2.24) is 0 Å². The van der Waals surface area contributed by atoms with E-state index in [0.29, 0.717) is 0 Å². The highest BCUT2D eigenvalue weighted by Gasteiger charge is 2.25. The summed E-state index contributed by atoms with van der Waals surface area (Å²) in [5.41, 5.74) is -0.690. The van der Waals surface area contributed by atoms with Gasteiger partial charge in [-0.25, -0.2) is 0 Å². The number of hydrogen-bond acceptors (Lipinski definition) is 4. The summed E-state index contributed by atoms with van der Waals surface area (Å²) in [6.45, 7) is 25.2. The molecule has 4 nitrogen and oxygen atoms in total. The molecule has 0 aromatic heterocycles. The summed E-state index contributed by atoms with van der Waals surface area (Å²) in [7, 11) is 2.09. The Bertz CT molecular complexity index is 394. The molecule has 0 aromatic rings. The van der Waals surface area contributed by atoms with Crippen LogP contribution in [0.3, 0.4) is 0 Å². The first-order valence-electron chi connectivity index (χ1n) is 12.5. The zero-order chi connectivity index (χ0) is 25.1. The van der Waals surface area contributed by atoms with Gasteiger partial charge in [0.15, 0.2) is 12.6 Å². The number of rotatable bonds is 15. The predicted molar refractivity (Wildman–Crippen MR) is 140 cm³/mol. The zero-order valence-corrected chi connectivity index (χ0v) is 25.4. The standard InChI is InChI=1S/C26H54O4Si2/c1-23(2,3)27-21(28-24(4,5)6)15-13-17-31-19-20-32-18-14-16-22(29-25(7,8)9)30-26(10,11)12/h21-22H,13-20H2,1-12H3. The maximum absolute atomic E-state index is 6.13. The van der Waals surface area contributed by atoms with Crippen molar-refractivity contribution in [2.24, 2.45) is 0 Å². The summed E-state index contributed by atoms with van der Waals surface area (Å²) in [5.74, 6) is 0. The largest absolute Gasteiger partial charge is 0.347 e. The molecular formula is C26H54O4Si2. The van der Waals surface area contributed by atoms with Crippen molar-refractivity contribution in [3.05, 3.63) is 0 Å². The first-order valence-corrected chi connectivity index (χ1v) is 15.3. The Balaban J connectivity index is 3.99. The third kappa shape index (κ3) is 23.4. The van der Waals surface area contributed by atoms with Crippen molar-refractivity contribution >= 4 is 19.0 Å². The number of hydrogen-bond donors (Lipinski definition) is 0. The smallest absolute Gasteiger partial charge is 0.158 e. The van der Waals surface area contributed by atoms with Gasteiger partial charge in [-0.2, -0.15) is 0 Å². The van der Waals surface area contributed by atoms with E-state index >= 15 is 0 Å². The summed E-state index contributed by atoms with van der Waals surface area (Å²) in [4.78, 5) is 0. The Labute approximate surface area is 205 Å². The fourth-order valence-electron chi connectivity index (χ4n) is 3.08. The van der Waals surface area contributed by atoms with E-state index in [1.807, 2.05) is 0 Å². The minimum absolute atomic E-state index is 0.111. The van der Waals surface area contributed by atoms with Crippen LogP contribution < -0.4 is 0 Å². The first kappa shape index (κ1) is 32.3. The van der Waals surface area contributed by atoms with E-state index in [2.05, 4.69) is 83.1 Å². The Morgan fingerprint density at radius 3 is 0.906 bits per heavy atom. The third-order valence-corrected chi connectivity index (χ3v) is 7.13. The molecule has 0 aliphatic rings. The molecule has 0 N–H and O–H groups in total. The third-order valence-electron chi connectivity index (χ3n) is 4.01. The maximum atomic E-state index is 6.13. The molecule has 0 aliphatic heterocycles. The molecule has 0 saturated heterocycles. The zero-order valence-electron chi connectivity index (χ0n) is 23.4. The van der Waals surface area contributed by atoms with E-state index in [0.717, 1.165) is 31.9 Å². The molecule has 32 heavy (non-hydrogen) atoms. The normalized spacial score (nSPS) is 14.1. The van der Waals surface area contributed by atoms with Gasteiger partial charge in [0.2, 0.25) is 0 Å². The van der Waals surface area contributed by atoms with Crippen molar-refractivity contribution < 1.29 is 18.9 Å². The van der Waals surface area contributed by atoms with Crippen LogP contribution in [0, 0.1) is 0 Å². The van der Waals surface area contributed by atoms with E-state index < -0.39 is 0 Å². The lowest BCUT2D eigenvalue weighted by molar-refractivity contribution is -0.236. The van der Waals surface area contributed by atoms with E-state index in [1.54, 1.807) is 0 Å². The lowest BCUT2D eigenvalue weighted by atomic mass is 10.1. The fraction of sp³-hybridized carbons (Fsp3) is 1.00. The number of ether oxygens (including phenoxy) is 4. The first-order chi connectivity index (χ1) is 14.4. The topological polar surface area (TPSA) is 36.9 Å². The second-order valence-corrected chi connectivity index (χ2v) is 15.6. The molecule has 4 radical (unpaired) electrons. The molecule has 6 heteroatoms. The SMILES string of the molecule is CC(C)(C)OC(CCC[Si]CC[Si]CCCC(OC(C)(C)C)OC(C)(C)C)OC(C)(C)C. The van der Waals surface area contributed by atoms with Gasteiger partial charge in [-0.3, -0.25) is 0 Å². The van der Waals surface area contributed by atoms with Gasteiger partial charge in [-0.15, -0.1) is 0 Å². The summed E-state index contributed by atoms with van der Waals surface area (Å²) in [6, 6.07) is 5.26. The molecule has 0 aromatic carbocycles. The van der Waals surface area contributed by atoms with Crippen molar-refractivity contribution in [1.29, 1.82) is 0 Å². The lowest BCUT2D eigenvalue weighted by Crippen LogP contribution is -2.35. The van der Waals surface area contributed by atoms with Crippen molar-refractivity contribution in [2.75, 3.05) is 0 Å². The minimum atomic E-state index is -0.172. The predicted octanol–water partition coefficient (Wildman–Crippen LogP) is 7.54. The maximum Gasteiger partial charge on any atom is 0.158 e. The van der Waals surface area contributed by atoms with Crippen LogP contribution in [0.1, 0.15) is 109 Å². The van der Waals surface area contributed by atoms with Gasteiger partial charge in [-0.1, -0.05) is 37.0 Å². The van der Waals surface area contributed by atoms with Crippen LogP contribution in [0.5, 0.6) is 0 Å². The van der Waals surface area contributed by atoms with Gasteiger partial charge in [0.25, 0.3) is 0 Å². The Morgan fingerprint density at radius 1 is 0.438 bits per heavy atom. The highest BCUT2D eigenvalue weighted by Crippen LogP contribution is 2.23. The molecule has 0 spiro atoms. The van der Waals surface area contributed by atoms with Crippen molar-refractivity contribution in [3.8, 4) is 0 Å². The summed E-state index contributed by atoms with van der Waals surface area (Å²) in [6.07, 6.45) is 4.09. The van der Waals surface area contributed by atoms with E-state index in [9.17, 15) is 0 Å². The van der Waals surface area contributed by atoms with Crippen LogP contribution in [0.2, 0.25) is 24.2 Å². The highest BCUT2D eigenvalue weighted by atomic mass is 28.2. The van der Waals surface area contributed by atoms with Gasteiger partial charge < -0.3 is 18.9 Å².